The number of hydrogen-bond donors (Lipinski definition) is 0. The molecule has 0 heterocycles. The third kappa shape index (κ3) is 4.99. The van der Waals surface area contributed by atoms with E-state index in [2.05, 4.69) is 111 Å². The summed E-state index contributed by atoms with van der Waals surface area (Å²) in [4.78, 5) is 0. The lowest BCUT2D eigenvalue weighted by Gasteiger charge is -2.31. The van der Waals surface area contributed by atoms with Gasteiger partial charge < -0.3 is 4.23 Å². The Hall–Kier alpha value is -2.11. The third-order valence-corrected chi connectivity index (χ3v) is 7.34. The van der Waals surface area contributed by atoms with Crippen molar-refractivity contribution in [3.8, 4) is 0 Å². The molecule has 0 aromatic heterocycles. The SMILES string of the molecule is CC(C)c1cccc(C(C)C)c1N([Si]c1ccccc1)[Si]c1ccccc1. The predicted molar refractivity (Wildman–Crippen MR) is 121 cm³/mol. The summed E-state index contributed by atoms with van der Waals surface area (Å²) in [7, 11) is 1.24. The van der Waals surface area contributed by atoms with Crippen LogP contribution in [0.15, 0.2) is 78.9 Å². The molecule has 0 fully saturated rings. The quantitative estimate of drug-likeness (QED) is 0.536. The summed E-state index contributed by atoms with van der Waals surface area (Å²) in [6.07, 6.45) is 0. The summed E-state index contributed by atoms with van der Waals surface area (Å²) in [6.45, 7) is 9.22. The molecule has 27 heavy (non-hydrogen) atoms. The van der Waals surface area contributed by atoms with Crippen LogP contribution in [0.1, 0.15) is 50.7 Å². The van der Waals surface area contributed by atoms with Crippen LogP contribution < -0.4 is 14.6 Å². The highest BCUT2D eigenvalue weighted by Crippen LogP contribution is 2.34. The van der Waals surface area contributed by atoms with Crippen LogP contribution in [-0.4, -0.2) is 19.4 Å². The van der Waals surface area contributed by atoms with Gasteiger partial charge >= 0.3 is 0 Å². The fourth-order valence-electron chi connectivity index (χ4n) is 3.19. The highest BCUT2D eigenvalue weighted by molar-refractivity contribution is 6.77. The largest absolute Gasteiger partial charge is 0.419 e. The summed E-state index contributed by atoms with van der Waals surface area (Å²) in [5.74, 6) is 1.00. The van der Waals surface area contributed by atoms with E-state index in [9.17, 15) is 0 Å². The average Bonchev–Trinajstić information content (AvgIpc) is 2.68. The van der Waals surface area contributed by atoms with Crippen LogP contribution in [0.2, 0.25) is 0 Å². The minimum absolute atomic E-state index is 0.502. The van der Waals surface area contributed by atoms with Crippen LogP contribution in [0.4, 0.5) is 5.69 Å². The van der Waals surface area contributed by atoms with Crippen molar-refractivity contribution in [1.29, 1.82) is 0 Å². The zero-order valence-electron chi connectivity index (χ0n) is 16.6. The van der Waals surface area contributed by atoms with E-state index in [1.54, 1.807) is 0 Å². The van der Waals surface area contributed by atoms with Crippen molar-refractivity contribution in [3.63, 3.8) is 0 Å². The Bertz CT molecular complexity index is 777. The van der Waals surface area contributed by atoms with E-state index in [1.165, 1.54) is 27.2 Å². The summed E-state index contributed by atoms with van der Waals surface area (Å²) in [6, 6.07) is 28.6. The molecule has 0 N–H and O–H groups in total. The monoisotopic (exact) mass is 385 g/mol. The Kier molecular flexibility index (Phi) is 6.70. The first kappa shape index (κ1) is 19.6. The van der Waals surface area contributed by atoms with Crippen molar-refractivity contribution < 1.29 is 0 Å². The minimum Gasteiger partial charge on any atom is -0.419 e. The normalized spacial score (nSPS) is 11.2. The van der Waals surface area contributed by atoms with Gasteiger partial charge in [-0.05, 0) is 33.3 Å². The van der Waals surface area contributed by atoms with Gasteiger partial charge in [-0.3, -0.25) is 0 Å². The van der Waals surface area contributed by atoms with E-state index in [0.29, 0.717) is 31.2 Å². The Morgan fingerprint density at radius 1 is 0.556 bits per heavy atom. The molecule has 0 bridgehead atoms. The molecule has 0 aliphatic carbocycles. The molecule has 0 spiro atoms. The number of anilines is 1. The molecule has 0 atom stereocenters. The van der Waals surface area contributed by atoms with Gasteiger partial charge in [-0.2, -0.15) is 0 Å². The van der Waals surface area contributed by atoms with Crippen molar-refractivity contribution in [2.45, 2.75) is 39.5 Å². The zero-order chi connectivity index (χ0) is 19.2. The molecule has 0 amide bonds. The minimum atomic E-state index is 0.502. The summed E-state index contributed by atoms with van der Waals surface area (Å²) in [5, 5.41) is 2.77. The van der Waals surface area contributed by atoms with Crippen molar-refractivity contribution in [1.82, 2.24) is 0 Å². The standard InChI is InChI=1S/C24H27NSi2/c1-18(2)22-16-11-17-23(19(3)4)24(22)25(26-20-12-7-5-8-13-20)27-21-14-9-6-10-15-21/h5-19H,1-4H3. The third-order valence-electron chi connectivity index (χ3n) is 4.60. The molecule has 0 aliphatic heterocycles. The second-order valence-corrected chi connectivity index (χ2v) is 10.3. The number of nitrogens with zero attached hydrogens (tertiary/aromatic N) is 1. The smallest absolute Gasteiger partial charge is 0.212 e. The molecule has 136 valence electrons. The first-order valence-electron chi connectivity index (χ1n) is 9.62. The van der Waals surface area contributed by atoms with E-state index >= 15 is 0 Å². The van der Waals surface area contributed by atoms with E-state index in [0.717, 1.165) is 0 Å². The second kappa shape index (κ2) is 9.20. The van der Waals surface area contributed by atoms with Crippen LogP contribution in [0.25, 0.3) is 0 Å². The van der Waals surface area contributed by atoms with Gasteiger partial charge in [0.25, 0.3) is 0 Å². The number of para-hydroxylation sites is 1. The van der Waals surface area contributed by atoms with Crippen LogP contribution in [0.5, 0.6) is 0 Å². The number of rotatable bonds is 7. The van der Waals surface area contributed by atoms with Crippen molar-refractivity contribution in [3.05, 3.63) is 90.0 Å². The fourth-order valence-corrected chi connectivity index (χ4v) is 6.13. The van der Waals surface area contributed by atoms with Gasteiger partial charge in [0.15, 0.2) is 0 Å². The van der Waals surface area contributed by atoms with Gasteiger partial charge in [-0.25, -0.2) is 0 Å². The first-order chi connectivity index (χ1) is 13.1. The Morgan fingerprint density at radius 2 is 0.963 bits per heavy atom. The predicted octanol–water partition coefficient (Wildman–Crippen LogP) is 4.63. The highest BCUT2D eigenvalue weighted by atomic mass is 28.3. The van der Waals surface area contributed by atoms with E-state index in [1.807, 2.05) is 0 Å². The zero-order valence-corrected chi connectivity index (χ0v) is 18.6. The van der Waals surface area contributed by atoms with Gasteiger partial charge in [0.1, 0.15) is 0 Å². The molecule has 0 unspecified atom stereocenters. The Morgan fingerprint density at radius 3 is 1.33 bits per heavy atom. The Balaban J connectivity index is 2.09. The van der Waals surface area contributed by atoms with Crippen LogP contribution in [0, 0.1) is 0 Å². The molecule has 0 saturated heterocycles. The molecule has 3 rings (SSSR count). The van der Waals surface area contributed by atoms with Crippen LogP contribution in [-0.2, 0) is 0 Å². The van der Waals surface area contributed by atoms with Crippen molar-refractivity contribution in [2.75, 3.05) is 4.23 Å². The van der Waals surface area contributed by atoms with Gasteiger partial charge in [0.05, 0.1) is 0 Å². The lowest BCUT2D eigenvalue weighted by atomic mass is 9.93. The maximum Gasteiger partial charge on any atom is 0.212 e. The lowest BCUT2D eigenvalue weighted by Crippen LogP contribution is -2.45. The Labute approximate surface area is 169 Å². The average molecular weight is 386 g/mol. The molecule has 3 aromatic carbocycles. The van der Waals surface area contributed by atoms with Crippen LogP contribution in [0.3, 0.4) is 0 Å². The molecular formula is C24H27NSi2. The first-order valence-corrected chi connectivity index (χ1v) is 11.5. The van der Waals surface area contributed by atoms with Gasteiger partial charge in [0, 0.05) is 5.69 Å². The molecule has 3 heteroatoms. The molecule has 0 aliphatic rings. The molecular weight excluding hydrogens is 358 g/mol. The second-order valence-electron chi connectivity index (χ2n) is 7.39. The van der Waals surface area contributed by atoms with Crippen molar-refractivity contribution in [2.24, 2.45) is 0 Å². The summed E-state index contributed by atoms with van der Waals surface area (Å²) < 4.78 is 2.62. The van der Waals surface area contributed by atoms with Gasteiger partial charge in [-0.1, -0.05) is 107 Å². The summed E-state index contributed by atoms with van der Waals surface area (Å²) in [5.41, 5.74) is 4.34. The molecule has 4 radical (unpaired) electrons. The lowest BCUT2D eigenvalue weighted by molar-refractivity contribution is 0.836. The molecule has 1 nitrogen and oxygen atoms in total. The van der Waals surface area contributed by atoms with E-state index < -0.39 is 0 Å². The molecule has 3 aromatic rings. The highest BCUT2D eigenvalue weighted by Gasteiger charge is 2.21. The maximum atomic E-state index is 2.62. The number of hydrogen-bond acceptors (Lipinski definition) is 1. The topological polar surface area (TPSA) is 3.24 Å². The van der Waals surface area contributed by atoms with Gasteiger partial charge in [0.2, 0.25) is 19.4 Å². The van der Waals surface area contributed by atoms with Crippen molar-refractivity contribution >= 4 is 35.4 Å². The van der Waals surface area contributed by atoms with E-state index in [4.69, 9.17) is 0 Å². The van der Waals surface area contributed by atoms with Crippen LogP contribution >= 0.6 is 0 Å². The summed E-state index contributed by atoms with van der Waals surface area (Å²) >= 11 is 0. The van der Waals surface area contributed by atoms with Gasteiger partial charge in [-0.15, -0.1) is 0 Å². The maximum absolute atomic E-state index is 2.62. The fraction of sp³-hybridized carbons (Fsp3) is 0.250. The molecule has 0 saturated carbocycles. The van der Waals surface area contributed by atoms with E-state index in [-0.39, 0.29) is 0 Å². The number of benzene rings is 3.